The van der Waals surface area contributed by atoms with Gasteiger partial charge in [-0.15, -0.1) is 12.8 Å². The van der Waals surface area contributed by atoms with Gasteiger partial charge in [-0.2, -0.15) is 26.3 Å². The van der Waals surface area contributed by atoms with Crippen LogP contribution >= 0.6 is 11.8 Å². The van der Waals surface area contributed by atoms with Gasteiger partial charge in [-0.3, -0.25) is 0 Å². The zero-order valence-corrected chi connectivity index (χ0v) is 22.9. The zero-order chi connectivity index (χ0) is 29.9. The van der Waals surface area contributed by atoms with Crippen molar-refractivity contribution in [2.75, 3.05) is 12.9 Å². The van der Waals surface area contributed by atoms with Gasteiger partial charge in [0.2, 0.25) is 0 Å². The third kappa shape index (κ3) is 10.2. The second-order valence-electron chi connectivity index (χ2n) is 9.02. The summed E-state index contributed by atoms with van der Waals surface area (Å²) in [5, 5.41) is 13.5. The molecule has 0 saturated heterocycles. The molecule has 4 rings (SSSR count). The van der Waals surface area contributed by atoms with Crippen molar-refractivity contribution in [1.82, 2.24) is 5.32 Å². The van der Waals surface area contributed by atoms with E-state index >= 15 is 0 Å². The average molecular weight is 591 g/mol. The molecule has 1 saturated carbocycles. The lowest BCUT2D eigenvalue weighted by molar-refractivity contribution is -0.143. The lowest BCUT2D eigenvalue weighted by atomic mass is 9.96. The molecule has 1 heterocycles. The fraction of sp³-hybridized carbons (Fsp3) is 0.464. The average Bonchev–Trinajstić information content (AvgIpc) is 3.33. The molecule has 40 heavy (non-hydrogen) atoms. The highest BCUT2D eigenvalue weighted by Crippen LogP contribution is 2.38. The van der Waals surface area contributed by atoms with Crippen molar-refractivity contribution in [2.24, 2.45) is 4.99 Å². The molecule has 2 aliphatic rings. The highest BCUT2D eigenvalue weighted by molar-refractivity contribution is 8.14. The first kappa shape index (κ1) is 33.2. The Labute approximate surface area is 234 Å². The van der Waals surface area contributed by atoms with E-state index in [-0.39, 0.29) is 11.8 Å². The molecule has 220 valence electrons. The van der Waals surface area contributed by atoms with E-state index in [1.165, 1.54) is 45.3 Å². The quantitative estimate of drug-likeness (QED) is 0.285. The fourth-order valence-corrected chi connectivity index (χ4v) is 4.88. The second-order valence-corrected chi connectivity index (χ2v) is 10.0. The molecular formula is C28H32F6N2O3S. The van der Waals surface area contributed by atoms with Gasteiger partial charge in [-0.05, 0) is 49.6 Å². The molecule has 0 amide bonds. The van der Waals surface area contributed by atoms with Crippen LogP contribution in [0.2, 0.25) is 0 Å². The number of aliphatic imine (C=N–C) groups is 1. The number of methoxy groups -OCH3 is 1. The SMILES string of the molecule is C#C.COc1cc(C)ccc1OCc1ccc(C(F)(F)F)cc1C(F)(F)F.OC1CSC(NC2CCCCC2)=N1. The van der Waals surface area contributed by atoms with Crippen LogP contribution in [0.5, 0.6) is 11.5 Å². The zero-order valence-electron chi connectivity index (χ0n) is 22.1. The van der Waals surface area contributed by atoms with E-state index in [1.54, 1.807) is 30.8 Å². The highest BCUT2D eigenvalue weighted by Gasteiger charge is 2.38. The van der Waals surface area contributed by atoms with Gasteiger partial charge >= 0.3 is 12.4 Å². The van der Waals surface area contributed by atoms with Crippen LogP contribution in [0.15, 0.2) is 41.4 Å². The first-order valence-corrected chi connectivity index (χ1v) is 13.4. The van der Waals surface area contributed by atoms with Crippen LogP contribution in [-0.4, -0.2) is 35.4 Å². The lowest BCUT2D eigenvalue weighted by Gasteiger charge is -2.23. The summed E-state index contributed by atoms with van der Waals surface area (Å²) in [6, 6.07) is 6.89. The Balaban J connectivity index is 0.000000311. The standard InChI is InChI=1S/C17H14F6O2.C9H16N2OS.C2H2/c1-10-3-6-14(15(7-10)24-2)25-9-11-4-5-12(16(18,19)20)8-13(11)17(21,22)23;12-8-6-13-9(11-8)10-7-4-2-1-3-5-7;1-2/h3-8H,9H2,1-2H3;7-8,12H,1-6H2,(H,10,11);1-2H. The highest BCUT2D eigenvalue weighted by atomic mass is 32.2. The summed E-state index contributed by atoms with van der Waals surface area (Å²) in [6.07, 6.45) is 4.29. The summed E-state index contributed by atoms with van der Waals surface area (Å²) in [5.74, 6) is 1.23. The lowest BCUT2D eigenvalue weighted by Crippen LogP contribution is -2.33. The van der Waals surface area contributed by atoms with Crippen LogP contribution in [-0.2, 0) is 19.0 Å². The van der Waals surface area contributed by atoms with Crippen LogP contribution in [0.4, 0.5) is 26.3 Å². The minimum absolute atomic E-state index is 0.0884. The smallest absolute Gasteiger partial charge is 0.416 e. The van der Waals surface area contributed by atoms with Gasteiger partial charge < -0.3 is 19.9 Å². The van der Waals surface area contributed by atoms with E-state index in [0.29, 0.717) is 17.9 Å². The number of ether oxygens (including phenoxy) is 2. The van der Waals surface area contributed by atoms with Crippen LogP contribution in [0.1, 0.15) is 54.4 Å². The summed E-state index contributed by atoms with van der Waals surface area (Å²) in [7, 11) is 1.38. The van der Waals surface area contributed by atoms with Gasteiger partial charge in [0, 0.05) is 17.4 Å². The Bertz CT molecular complexity index is 1150. The van der Waals surface area contributed by atoms with Gasteiger partial charge in [0.05, 0.1) is 18.2 Å². The Morgan fingerprint density at radius 1 is 0.975 bits per heavy atom. The molecule has 1 fully saturated rings. The predicted octanol–water partition coefficient (Wildman–Crippen LogP) is 7.20. The largest absolute Gasteiger partial charge is 0.493 e. The molecule has 12 heteroatoms. The molecule has 5 nitrogen and oxygen atoms in total. The molecule has 0 bridgehead atoms. The van der Waals surface area contributed by atoms with Gasteiger partial charge in [-0.1, -0.05) is 43.2 Å². The number of thioether (sulfide) groups is 1. The van der Waals surface area contributed by atoms with Crippen molar-refractivity contribution < 1.29 is 40.9 Å². The van der Waals surface area contributed by atoms with E-state index < -0.39 is 41.9 Å². The second kappa shape index (κ2) is 15.1. The maximum atomic E-state index is 13.1. The van der Waals surface area contributed by atoms with Crippen molar-refractivity contribution in [1.29, 1.82) is 0 Å². The number of hydrogen-bond donors (Lipinski definition) is 2. The maximum Gasteiger partial charge on any atom is 0.416 e. The minimum atomic E-state index is -4.93. The molecular weight excluding hydrogens is 558 g/mol. The summed E-state index contributed by atoms with van der Waals surface area (Å²) < 4.78 is 87.7. The number of aliphatic hydroxyl groups is 1. The van der Waals surface area contributed by atoms with Gasteiger partial charge in [-0.25, -0.2) is 4.99 Å². The number of amidine groups is 1. The number of rotatable bonds is 5. The van der Waals surface area contributed by atoms with E-state index in [9.17, 15) is 31.4 Å². The Kier molecular flexibility index (Phi) is 12.5. The van der Waals surface area contributed by atoms with Crippen LogP contribution in [0.3, 0.4) is 0 Å². The molecule has 0 spiro atoms. The number of aryl methyl sites for hydroxylation is 1. The number of terminal acetylenes is 1. The number of hydrogen-bond acceptors (Lipinski definition) is 6. The number of benzene rings is 2. The number of nitrogens with zero attached hydrogens (tertiary/aromatic N) is 1. The van der Waals surface area contributed by atoms with Crippen molar-refractivity contribution >= 4 is 16.9 Å². The minimum Gasteiger partial charge on any atom is -0.493 e. The molecule has 1 aliphatic heterocycles. The number of nitrogens with one attached hydrogen (secondary N) is 1. The Hall–Kier alpha value is -3.04. The monoisotopic (exact) mass is 590 g/mol. The van der Waals surface area contributed by atoms with Crippen molar-refractivity contribution in [3.63, 3.8) is 0 Å². The third-order valence-corrected chi connectivity index (χ3v) is 6.97. The van der Waals surface area contributed by atoms with Crippen molar-refractivity contribution in [2.45, 2.75) is 70.3 Å². The Morgan fingerprint density at radius 2 is 1.65 bits per heavy atom. The summed E-state index contributed by atoms with van der Waals surface area (Å²) in [4.78, 5) is 4.11. The Morgan fingerprint density at radius 3 is 2.20 bits per heavy atom. The maximum absolute atomic E-state index is 13.1. The van der Waals surface area contributed by atoms with Crippen LogP contribution in [0.25, 0.3) is 0 Å². The predicted molar refractivity (Wildman–Crippen MR) is 144 cm³/mol. The van der Waals surface area contributed by atoms with E-state index in [1.807, 2.05) is 0 Å². The van der Waals surface area contributed by atoms with E-state index in [4.69, 9.17) is 9.47 Å². The van der Waals surface area contributed by atoms with Crippen LogP contribution < -0.4 is 14.8 Å². The van der Waals surface area contributed by atoms with Gasteiger partial charge in [0.1, 0.15) is 6.61 Å². The third-order valence-electron chi connectivity index (χ3n) is 6.01. The van der Waals surface area contributed by atoms with Crippen molar-refractivity contribution in [3.8, 4) is 24.3 Å². The fourth-order valence-electron chi connectivity index (χ4n) is 4.06. The first-order valence-electron chi connectivity index (χ1n) is 12.4. The number of aliphatic hydroxyl groups excluding tert-OH is 1. The summed E-state index contributed by atoms with van der Waals surface area (Å²) in [5.41, 5.74) is -2.29. The molecule has 1 aliphatic carbocycles. The summed E-state index contributed by atoms with van der Waals surface area (Å²) >= 11 is 1.63. The normalized spacial score (nSPS) is 17.5. The molecule has 1 atom stereocenters. The number of halogens is 6. The van der Waals surface area contributed by atoms with Crippen LogP contribution in [0, 0.1) is 19.8 Å². The molecule has 1 unspecified atom stereocenters. The summed E-state index contributed by atoms with van der Waals surface area (Å²) in [6.45, 7) is 1.25. The number of alkyl halides is 6. The van der Waals surface area contributed by atoms with Gasteiger partial charge in [0.15, 0.2) is 22.9 Å². The topological polar surface area (TPSA) is 63.1 Å². The molecule has 2 aromatic rings. The molecule has 0 aromatic heterocycles. The first-order chi connectivity index (χ1) is 18.9. The molecule has 2 aromatic carbocycles. The van der Waals surface area contributed by atoms with Gasteiger partial charge in [0.25, 0.3) is 0 Å². The molecule has 0 radical (unpaired) electrons. The van der Waals surface area contributed by atoms with E-state index in [0.717, 1.165) is 22.6 Å². The van der Waals surface area contributed by atoms with Crippen molar-refractivity contribution in [3.05, 3.63) is 58.7 Å². The van der Waals surface area contributed by atoms with E-state index in [2.05, 4.69) is 23.2 Å². The molecule has 2 N–H and O–H groups in total.